The molecular weight excluding hydrogens is 871 g/mol. The van der Waals surface area contributed by atoms with E-state index in [1.165, 1.54) is 24.3 Å². The highest BCUT2D eigenvalue weighted by Crippen LogP contribution is 2.51. The second kappa shape index (κ2) is 22.8. The summed E-state index contributed by atoms with van der Waals surface area (Å²) in [4.78, 5) is 12.3. The lowest BCUT2D eigenvalue weighted by Gasteiger charge is -2.40. The van der Waals surface area contributed by atoms with E-state index in [1.54, 1.807) is 19.2 Å². The molecule has 63 heavy (non-hydrogen) atoms. The Labute approximate surface area is 373 Å². The number of rotatable bonds is 26. The Kier molecular flexibility index (Phi) is 18.7. The summed E-state index contributed by atoms with van der Waals surface area (Å²) >= 11 is 0. The van der Waals surface area contributed by atoms with Crippen LogP contribution >= 0.6 is 0 Å². The van der Waals surface area contributed by atoms with Gasteiger partial charge in [0.2, 0.25) is 0 Å². The molecule has 0 saturated carbocycles. The van der Waals surface area contributed by atoms with Crippen molar-refractivity contribution in [3.63, 3.8) is 0 Å². The Balaban J connectivity index is 1.67. The number of unbranched alkanes of at least 4 members (excludes halogenated alkanes) is 5. The Morgan fingerprint density at radius 2 is 1.40 bits per heavy atom. The van der Waals surface area contributed by atoms with E-state index in [0.717, 1.165) is 60.2 Å². The molecule has 1 heterocycles. The summed E-state index contributed by atoms with van der Waals surface area (Å²) in [5.41, 5.74) is 4.19. The van der Waals surface area contributed by atoms with E-state index in [4.69, 9.17) is 14.6 Å². The average molecular weight is 932 g/mol. The quantitative estimate of drug-likeness (QED) is 0.0520. The highest BCUT2D eigenvalue weighted by atomic mass is 32.2. The zero-order chi connectivity index (χ0) is 46.5. The van der Waals surface area contributed by atoms with Crippen LogP contribution in [-0.4, -0.2) is 89.2 Å². The van der Waals surface area contributed by atoms with Gasteiger partial charge in [0.25, 0.3) is 10.1 Å². The van der Waals surface area contributed by atoms with Crippen molar-refractivity contribution in [2.45, 2.75) is 118 Å². The summed E-state index contributed by atoms with van der Waals surface area (Å²) in [5, 5.41) is 8.93. The highest BCUT2D eigenvalue weighted by Gasteiger charge is 2.43. The van der Waals surface area contributed by atoms with Crippen molar-refractivity contribution in [3.05, 3.63) is 112 Å². The molecule has 2 atom stereocenters. The molecule has 0 radical (unpaired) electrons. The van der Waals surface area contributed by atoms with Crippen LogP contribution < -0.4 is 4.90 Å². The van der Waals surface area contributed by atoms with Crippen molar-refractivity contribution in [1.29, 1.82) is 0 Å². The van der Waals surface area contributed by atoms with Crippen molar-refractivity contribution in [2.75, 3.05) is 44.1 Å². The molecule has 14 nitrogen and oxygen atoms in total. The molecule has 2 aromatic rings. The molecule has 348 valence electrons. The van der Waals surface area contributed by atoms with Crippen LogP contribution in [0, 0.1) is 0 Å². The number of hydrogen-bond acceptors (Lipinski definition) is 12. The summed E-state index contributed by atoms with van der Waals surface area (Å²) in [5.74, 6) is -1.30. The van der Waals surface area contributed by atoms with Gasteiger partial charge in [0, 0.05) is 48.9 Å². The number of ether oxygens (including phenoxy) is 2. The fourth-order valence-electron chi connectivity index (χ4n) is 8.77. The summed E-state index contributed by atoms with van der Waals surface area (Å²) in [7, 11) is -12.2. The Morgan fingerprint density at radius 1 is 0.778 bits per heavy atom. The first-order valence-electron chi connectivity index (χ1n) is 21.3. The van der Waals surface area contributed by atoms with Gasteiger partial charge < -0.3 is 28.6 Å². The van der Waals surface area contributed by atoms with Crippen molar-refractivity contribution < 1.29 is 58.3 Å². The lowest BCUT2D eigenvalue weighted by Crippen LogP contribution is -2.32. The first-order chi connectivity index (χ1) is 29.7. The number of carboxylic acid groups (broad SMARTS) is 1. The number of benzene rings is 2. The highest BCUT2D eigenvalue weighted by molar-refractivity contribution is 7.86. The van der Waals surface area contributed by atoms with Crippen molar-refractivity contribution in [1.82, 2.24) is 0 Å². The molecule has 1 aliphatic carbocycles. The molecule has 1 aliphatic heterocycles. The topological polar surface area (TPSA) is 228 Å². The molecule has 0 amide bonds. The van der Waals surface area contributed by atoms with Crippen LogP contribution in [0.5, 0.6) is 0 Å². The van der Waals surface area contributed by atoms with Crippen LogP contribution in [0.4, 0.5) is 5.69 Å². The second-order valence-electron chi connectivity index (χ2n) is 16.4. The van der Waals surface area contributed by atoms with Gasteiger partial charge in [0.05, 0.1) is 28.8 Å². The maximum absolute atomic E-state index is 12.2. The molecule has 0 fully saturated rings. The Morgan fingerprint density at radius 3 is 2.03 bits per heavy atom. The predicted molar refractivity (Wildman–Crippen MR) is 240 cm³/mol. The van der Waals surface area contributed by atoms with Crippen molar-refractivity contribution >= 4 is 42.0 Å². The zero-order valence-electron chi connectivity index (χ0n) is 36.6. The predicted octanol–water partition coefficient (Wildman–Crippen LogP) is 7.88. The summed E-state index contributed by atoms with van der Waals surface area (Å²) in [6.45, 7) is 7.63. The number of hydrogen-bond donors (Lipinski definition) is 2. The smallest absolute Gasteiger partial charge is 0.303 e. The SMILES string of the molecule is CCN1/C(=C/C=C/C=C/C=C/C2=C(CCCCCCCCC(=O)O)Cc3ccc(S(=O)(=O)[O-])cc3C2(C)CCCS(=O)(=O)O)C(C)(CCOCCOC)c2cc(S(=O)(=O)[O-])ccc21. The fourth-order valence-corrected chi connectivity index (χ4v) is 10.3. The third kappa shape index (κ3) is 14.3. The van der Waals surface area contributed by atoms with Gasteiger partial charge in [0.15, 0.2) is 0 Å². The summed E-state index contributed by atoms with van der Waals surface area (Å²) in [6.07, 6.45) is 20.3. The van der Waals surface area contributed by atoms with E-state index in [2.05, 4.69) is 4.90 Å². The van der Waals surface area contributed by atoms with Gasteiger partial charge in [0.1, 0.15) is 20.2 Å². The van der Waals surface area contributed by atoms with Gasteiger partial charge in [-0.2, -0.15) is 8.42 Å². The number of anilines is 1. The molecule has 2 aliphatic rings. The summed E-state index contributed by atoms with van der Waals surface area (Å²) < 4.78 is 117. The van der Waals surface area contributed by atoms with E-state index < -0.39 is 52.9 Å². The number of methoxy groups -OCH3 is 1. The number of likely N-dealkylation sites (N-methyl/N-ethyl adjacent to an activating group) is 1. The summed E-state index contributed by atoms with van der Waals surface area (Å²) in [6, 6.07) is 8.79. The molecule has 2 unspecified atom stereocenters. The van der Waals surface area contributed by atoms with E-state index in [-0.39, 0.29) is 29.1 Å². The standard InChI is InChI=1S/C46H63NO13S3/c1-5-47-42-25-24-38(63(56,57)58)34-41(42)46(3,27-28-60-30-29-59-4)43(47)20-15-11-8-10-14-19-39-35(18-13-9-6-7-12-16-21-44(48)49)32-36-22-23-37(62(53,54)55)33-40(36)45(39,2)26-17-31-61(50,51)52/h8,10-11,14-15,19-20,22-25,33-34H,5-7,9,12-13,16-18,21,26-32H2,1-4H3,(H,48,49)(H,50,51,52)(H,53,54,55)(H,56,57,58)/p-2/b10-8+,15-11+,19-14+,43-20+. The first-order valence-corrected chi connectivity index (χ1v) is 25.7. The van der Waals surface area contributed by atoms with E-state index in [1.807, 2.05) is 63.3 Å². The molecule has 4 rings (SSSR count). The van der Waals surface area contributed by atoms with E-state index in [9.17, 15) is 43.7 Å². The number of carbonyl (C=O) groups is 1. The van der Waals surface area contributed by atoms with Gasteiger partial charge in [-0.1, -0.05) is 80.7 Å². The third-order valence-corrected chi connectivity index (χ3v) is 14.5. The number of fused-ring (bicyclic) bond motifs is 2. The van der Waals surface area contributed by atoms with Crippen LogP contribution in [0.1, 0.15) is 108 Å². The average Bonchev–Trinajstić information content (AvgIpc) is 3.43. The molecule has 0 saturated heterocycles. The molecule has 0 spiro atoms. The molecule has 0 bridgehead atoms. The molecular formula is C46H61NO13S3-2. The lowest BCUT2D eigenvalue weighted by molar-refractivity contribution is -0.137. The normalized spacial score (nSPS) is 20.2. The van der Waals surface area contributed by atoms with Gasteiger partial charge in [-0.3, -0.25) is 9.35 Å². The number of carboxylic acids is 1. The molecule has 0 aromatic heterocycles. The van der Waals surface area contributed by atoms with E-state index >= 15 is 0 Å². The largest absolute Gasteiger partial charge is 0.744 e. The molecule has 2 N–H and O–H groups in total. The van der Waals surface area contributed by atoms with Crippen LogP contribution in [-0.2, 0) is 61.9 Å². The van der Waals surface area contributed by atoms with Crippen molar-refractivity contribution in [2.24, 2.45) is 0 Å². The zero-order valence-corrected chi connectivity index (χ0v) is 39.0. The minimum Gasteiger partial charge on any atom is -0.744 e. The van der Waals surface area contributed by atoms with Gasteiger partial charge >= 0.3 is 5.97 Å². The minimum atomic E-state index is -4.80. The van der Waals surface area contributed by atoms with Gasteiger partial charge in [-0.25, -0.2) is 16.8 Å². The molecule has 2 aromatic carbocycles. The van der Waals surface area contributed by atoms with Crippen LogP contribution in [0.15, 0.2) is 106 Å². The van der Waals surface area contributed by atoms with E-state index in [0.29, 0.717) is 63.2 Å². The van der Waals surface area contributed by atoms with Crippen LogP contribution in [0.2, 0.25) is 0 Å². The minimum absolute atomic E-state index is 0.0716. The number of aliphatic carboxylic acids is 1. The third-order valence-electron chi connectivity index (χ3n) is 12.0. The van der Waals surface area contributed by atoms with Crippen molar-refractivity contribution in [3.8, 4) is 0 Å². The second-order valence-corrected chi connectivity index (χ2v) is 20.8. The van der Waals surface area contributed by atoms with Crippen LogP contribution in [0.3, 0.4) is 0 Å². The van der Waals surface area contributed by atoms with Gasteiger partial charge in [-0.05, 0) is 117 Å². The molecule has 17 heteroatoms. The fraction of sp³-hybridized carbons (Fsp3) is 0.500. The Bertz CT molecular complexity index is 2420. The van der Waals surface area contributed by atoms with Gasteiger partial charge in [-0.15, -0.1) is 0 Å². The monoisotopic (exact) mass is 931 g/mol. The van der Waals surface area contributed by atoms with Crippen LogP contribution in [0.25, 0.3) is 0 Å². The number of allylic oxidation sites excluding steroid dienone is 10. The first kappa shape index (κ1) is 51.7. The number of nitrogens with zero attached hydrogens (tertiary/aromatic N) is 1. The maximum Gasteiger partial charge on any atom is 0.303 e. The lowest BCUT2D eigenvalue weighted by atomic mass is 9.64. The Hall–Kier alpha value is -3.94. The maximum atomic E-state index is 12.2.